The molecule has 0 N–H and O–H groups in total. The first-order chi connectivity index (χ1) is 14.6. The van der Waals surface area contributed by atoms with Crippen LogP contribution >= 0.6 is 11.8 Å². The zero-order valence-electron chi connectivity index (χ0n) is 18.2. The van der Waals surface area contributed by atoms with Crippen molar-refractivity contribution >= 4 is 29.4 Å². The Balaban J connectivity index is 1.34. The zero-order valence-corrected chi connectivity index (χ0v) is 19.1. The molecule has 4 nitrogen and oxygen atoms in total. The van der Waals surface area contributed by atoms with Crippen LogP contribution in [-0.4, -0.2) is 39.5 Å². The molecule has 0 aromatic heterocycles. The maximum Gasteiger partial charge on any atom is 0.243 e. The van der Waals surface area contributed by atoms with Crippen molar-refractivity contribution < 1.29 is 14.4 Å². The van der Waals surface area contributed by atoms with E-state index >= 15 is 0 Å². The molecular weight excluding hydrogens is 394 g/mol. The van der Waals surface area contributed by atoms with E-state index in [9.17, 15) is 14.4 Å². The molecule has 164 valence electrons. The average molecular weight is 430 g/mol. The van der Waals surface area contributed by atoms with E-state index in [-0.39, 0.29) is 29.3 Å². The second-order valence-electron chi connectivity index (χ2n) is 8.59. The highest BCUT2D eigenvalue weighted by Gasteiger charge is 2.47. The molecule has 0 saturated carbocycles. The molecule has 1 heterocycles. The molecule has 5 heteroatoms. The van der Waals surface area contributed by atoms with Crippen molar-refractivity contribution in [2.75, 3.05) is 5.75 Å². The summed E-state index contributed by atoms with van der Waals surface area (Å²) in [5.74, 6) is 0.468. The molecule has 2 aliphatic rings. The van der Waals surface area contributed by atoms with E-state index in [0.717, 1.165) is 17.7 Å². The molecule has 0 spiro atoms. The molecule has 1 aliphatic carbocycles. The molecule has 2 atom stereocenters. The van der Waals surface area contributed by atoms with Crippen LogP contribution in [0.15, 0.2) is 24.3 Å². The summed E-state index contributed by atoms with van der Waals surface area (Å²) in [6.45, 7) is 2.25. The van der Waals surface area contributed by atoms with E-state index in [4.69, 9.17) is 0 Å². The van der Waals surface area contributed by atoms with Crippen molar-refractivity contribution in [1.29, 1.82) is 0 Å². The molecule has 0 bridgehead atoms. The third kappa shape index (κ3) is 5.75. The van der Waals surface area contributed by atoms with Gasteiger partial charge in [-0.1, -0.05) is 89.0 Å². The number of Topliss-reactive ketones (excluding diaryl/α,β-unsaturated/α-hetero) is 1. The number of ketones is 1. The van der Waals surface area contributed by atoms with Crippen molar-refractivity contribution in [2.24, 2.45) is 0 Å². The van der Waals surface area contributed by atoms with Gasteiger partial charge in [0.15, 0.2) is 5.78 Å². The van der Waals surface area contributed by atoms with Gasteiger partial charge in [0.25, 0.3) is 0 Å². The van der Waals surface area contributed by atoms with Gasteiger partial charge in [-0.2, -0.15) is 0 Å². The number of hydrogen-bond donors (Lipinski definition) is 0. The monoisotopic (exact) mass is 429 g/mol. The lowest BCUT2D eigenvalue weighted by Crippen LogP contribution is -2.44. The van der Waals surface area contributed by atoms with Gasteiger partial charge in [-0.05, 0) is 17.7 Å². The van der Waals surface area contributed by atoms with E-state index in [1.807, 2.05) is 18.2 Å². The molecule has 1 aromatic carbocycles. The summed E-state index contributed by atoms with van der Waals surface area (Å²) in [7, 11) is 0. The number of nitrogens with zero attached hydrogens (tertiary/aromatic N) is 1. The summed E-state index contributed by atoms with van der Waals surface area (Å²) >= 11 is 1.60. The molecular formula is C25H35NO3S. The van der Waals surface area contributed by atoms with E-state index in [1.54, 1.807) is 17.8 Å². The first-order valence-corrected chi connectivity index (χ1v) is 12.8. The minimum atomic E-state index is -0.634. The fourth-order valence-corrected chi connectivity index (χ4v) is 5.69. The molecule has 2 amide bonds. The number of imide groups is 1. The number of carbonyl (C=O) groups excluding carboxylic acids is 3. The fraction of sp³-hybridized carbons (Fsp3) is 0.640. The Bertz CT molecular complexity index is 748. The molecule has 1 saturated heterocycles. The Morgan fingerprint density at radius 3 is 2.17 bits per heavy atom. The van der Waals surface area contributed by atoms with E-state index in [1.165, 1.54) is 62.7 Å². The predicted molar refractivity (Wildman–Crippen MR) is 123 cm³/mol. The van der Waals surface area contributed by atoms with Crippen molar-refractivity contribution in [3.05, 3.63) is 35.4 Å². The highest BCUT2D eigenvalue weighted by Crippen LogP contribution is 2.33. The summed E-state index contributed by atoms with van der Waals surface area (Å²) in [6, 6.07) is 6.80. The SMILES string of the molecule is CCCCCCCCCCCCSC1CC(=O)N(C2Cc3ccccc3C2=O)C1=O. The van der Waals surface area contributed by atoms with E-state index in [0.29, 0.717) is 12.0 Å². The topological polar surface area (TPSA) is 54.5 Å². The number of benzene rings is 1. The van der Waals surface area contributed by atoms with Crippen LogP contribution in [0.1, 0.15) is 93.5 Å². The van der Waals surface area contributed by atoms with Crippen LogP contribution in [0.4, 0.5) is 0 Å². The number of fused-ring (bicyclic) bond motifs is 1. The quantitative estimate of drug-likeness (QED) is 0.304. The Labute approximate surface area is 185 Å². The largest absolute Gasteiger partial charge is 0.292 e. The zero-order chi connectivity index (χ0) is 21.3. The summed E-state index contributed by atoms with van der Waals surface area (Å²) in [5, 5.41) is -0.312. The van der Waals surface area contributed by atoms with Gasteiger partial charge in [0.1, 0.15) is 6.04 Å². The van der Waals surface area contributed by atoms with Gasteiger partial charge in [-0.15, -0.1) is 11.8 Å². The molecule has 1 aliphatic heterocycles. The highest BCUT2D eigenvalue weighted by molar-refractivity contribution is 8.00. The number of thioether (sulfide) groups is 1. The fourth-order valence-electron chi connectivity index (χ4n) is 4.52. The van der Waals surface area contributed by atoms with Crippen molar-refractivity contribution in [3.8, 4) is 0 Å². The van der Waals surface area contributed by atoms with Crippen molar-refractivity contribution in [3.63, 3.8) is 0 Å². The van der Waals surface area contributed by atoms with Gasteiger partial charge in [-0.25, -0.2) is 0 Å². The number of hydrogen-bond acceptors (Lipinski definition) is 4. The molecule has 0 radical (unpaired) electrons. The van der Waals surface area contributed by atoms with Crippen LogP contribution in [0.2, 0.25) is 0 Å². The lowest BCUT2D eigenvalue weighted by molar-refractivity contribution is -0.139. The molecule has 1 aromatic rings. The first-order valence-electron chi connectivity index (χ1n) is 11.7. The molecule has 2 unspecified atom stereocenters. The molecule has 3 rings (SSSR count). The minimum Gasteiger partial charge on any atom is -0.292 e. The van der Waals surface area contributed by atoms with Crippen molar-refractivity contribution in [1.82, 2.24) is 4.90 Å². The van der Waals surface area contributed by atoms with Crippen LogP contribution in [0.5, 0.6) is 0 Å². The van der Waals surface area contributed by atoms with Crippen LogP contribution in [0.25, 0.3) is 0 Å². The Morgan fingerprint density at radius 2 is 1.50 bits per heavy atom. The highest BCUT2D eigenvalue weighted by atomic mass is 32.2. The van der Waals surface area contributed by atoms with Crippen LogP contribution in [0.3, 0.4) is 0 Å². The maximum absolute atomic E-state index is 12.8. The predicted octanol–water partition coefficient (Wildman–Crippen LogP) is 5.58. The number of carbonyl (C=O) groups is 3. The van der Waals surface area contributed by atoms with Gasteiger partial charge < -0.3 is 0 Å². The lowest BCUT2D eigenvalue weighted by atomic mass is 10.1. The summed E-state index contributed by atoms with van der Waals surface area (Å²) < 4.78 is 0. The number of likely N-dealkylation sites (tertiary alicyclic amines) is 1. The second-order valence-corrected chi connectivity index (χ2v) is 9.90. The van der Waals surface area contributed by atoms with Crippen molar-refractivity contribution in [2.45, 2.75) is 95.3 Å². The van der Waals surface area contributed by atoms with Gasteiger partial charge >= 0.3 is 0 Å². The Morgan fingerprint density at radius 1 is 0.867 bits per heavy atom. The lowest BCUT2D eigenvalue weighted by Gasteiger charge is -2.21. The van der Waals surface area contributed by atoms with E-state index in [2.05, 4.69) is 6.92 Å². The third-order valence-electron chi connectivity index (χ3n) is 6.27. The van der Waals surface area contributed by atoms with Crippen LogP contribution in [0, 0.1) is 0 Å². The van der Waals surface area contributed by atoms with E-state index < -0.39 is 6.04 Å². The second kappa shape index (κ2) is 11.7. The number of amides is 2. The smallest absolute Gasteiger partial charge is 0.243 e. The number of unbranched alkanes of at least 4 members (excludes halogenated alkanes) is 9. The normalized spacial score (nSPS) is 21.0. The van der Waals surface area contributed by atoms with Crippen LogP contribution < -0.4 is 0 Å². The maximum atomic E-state index is 12.8. The minimum absolute atomic E-state index is 0.0901. The molecule has 1 fully saturated rings. The Kier molecular flexibility index (Phi) is 8.98. The summed E-state index contributed by atoms with van der Waals surface area (Å²) in [4.78, 5) is 39.3. The first kappa shape index (κ1) is 23.1. The molecule has 30 heavy (non-hydrogen) atoms. The third-order valence-corrected chi connectivity index (χ3v) is 7.56. The van der Waals surface area contributed by atoms with Gasteiger partial charge in [-0.3, -0.25) is 19.3 Å². The summed E-state index contributed by atoms with van der Waals surface area (Å²) in [5.41, 5.74) is 1.60. The summed E-state index contributed by atoms with van der Waals surface area (Å²) in [6.07, 6.45) is 13.6. The van der Waals surface area contributed by atoms with Gasteiger partial charge in [0, 0.05) is 18.4 Å². The average Bonchev–Trinajstić information content (AvgIpc) is 3.21. The van der Waals surface area contributed by atoms with Gasteiger partial charge in [0.05, 0.1) is 5.25 Å². The Hall–Kier alpha value is -1.62. The van der Waals surface area contributed by atoms with Gasteiger partial charge in [0.2, 0.25) is 11.8 Å². The number of rotatable bonds is 13. The standard InChI is InChI=1S/C25H35NO3S/c1-2-3-4-5-6-7-8-9-10-13-16-30-22-18-23(27)26(25(22)29)21-17-19-14-11-12-15-20(19)24(21)28/h11-12,14-15,21-22H,2-10,13,16-18H2,1H3. The van der Waals surface area contributed by atoms with Crippen LogP contribution in [-0.2, 0) is 16.0 Å².